The second-order valence-corrected chi connectivity index (χ2v) is 6.72. The first kappa shape index (κ1) is 15.7. The number of carbonyl (C=O) groups excluding carboxylic acids is 1. The first-order valence-corrected chi connectivity index (χ1v) is 8.60. The Hall–Kier alpha value is -2.81. The summed E-state index contributed by atoms with van der Waals surface area (Å²) in [5, 5.41) is 3.22. The molecule has 0 saturated carbocycles. The van der Waals surface area contributed by atoms with Crippen LogP contribution in [0.2, 0.25) is 0 Å². The van der Waals surface area contributed by atoms with Crippen molar-refractivity contribution in [2.24, 2.45) is 0 Å². The van der Waals surface area contributed by atoms with Gasteiger partial charge in [-0.2, -0.15) is 0 Å². The number of carbonyl (C=O) groups is 1. The van der Waals surface area contributed by atoms with Crippen LogP contribution in [-0.4, -0.2) is 44.3 Å². The minimum absolute atomic E-state index is 0.132. The number of thioether (sulfide) groups is 1. The van der Waals surface area contributed by atoms with Gasteiger partial charge in [-0.05, 0) is 19.1 Å². The maximum atomic E-state index is 12.5. The summed E-state index contributed by atoms with van der Waals surface area (Å²) >= 11 is 1.34. The lowest BCUT2D eigenvalue weighted by atomic mass is 10.2. The lowest BCUT2D eigenvalue weighted by Crippen LogP contribution is -2.23. The topological polar surface area (TPSA) is 102 Å². The number of imidazole rings is 1. The molecule has 1 amide bonds. The van der Waals surface area contributed by atoms with Crippen molar-refractivity contribution in [3.05, 3.63) is 30.9 Å². The van der Waals surface area contributed by atoms with Crippen LogP contribution in [0, 0.1) is 0 Å². The highest BCUT2D eigenvalue weighted by Crippen LogP contribution is 2.33. The molecule has 3 heterocycles. The molecule has 0 saturated heterocycles. The van der Waals surface area contributed by atoms with Gasteiger partial charge in [-0.15, -0.1) is 0 Å². The normalized spacial score (nSPS) is 14.3. The van der Waals surface area contributed by atoms with E-state index in [0.29, 0.717) is 41.1 Å². The monoisotopic (exact) mass is 357 g/mol. The molecule has 1 aliphatic rings. The number of hydrogen-bond donors (Lipinski definition) is 2. The van der Waals surface area contributed by atoms with E-state index in [0.717, 1.165) is 5.52 Å². The molecule has 128 valence electrons. The number of anilines is 1. The average molecular weight is 357 g/mol. The van der Waals surface area contributed by atoms with Crippen molar-refractivity contribution < 1.29 is 14.3 Å². The number of fused-ring (bicyclic) bond motifs is 2. The zero-order valence-corrected chi connectivity index (χ0v) is 14.2. The first-order valence-electron chi connectivity index (χ1n) is 7.72. The van der Waals surface area contributed by atoms with E-state index in [4.69, 9.17) is 9.47 Å². The molecule has 4 rings (SSSR count). The number of ether oxygens (including phenoxy) is 2. The zero-order chi connectivity index (χ0) is 17.2. The summed E-state index contributed by atoms with van der Waals surface area (Å²) in [5.41, 5.74) is 1.97. The smallest absolute Gasteiger partial charge is 0.237 e. The largest absolute Gasteiger partial charge is 0.486 e. The summed E-state index contributed by atoms with van der Waals surface area (Å²) in [5.74, 6) is 1.20. The van der Waals surface area contributed by atoms with Crippen molar-refractivity contribution in [2.45, 2.75) is 17.2 Å². The van der Waals surface area contributed by atoms with Crippen molar-refractivity contribution >= 4 is 34.5 Å². The van der Waals surface area contributed by atoms with Crippen molar-refractivity contribution in [1.29, 1.82) is 0 Å². The number of nitrogens with zero attached hydrogens (tertiary/aromatic N) is 3. The van der Waals surface area contributed by atoms with E-state index in [9.17, 15) is 4.79 Å². The van der Waals surface area contributed by atoms with Gasteiger partial charge in [0.2, 0.25) is 5.91 Å². The van der Waals surface area contributed by atoms with Crippen LogP contribution in [0.3, 0.4) is 0 Å². The summed E-state index contributed by atoms with van der Waals surface area (Å²) in [7, 11) is 0. The van der Waals surface area contributed by atoms with Gasteiger partial charge in [0.05, 0.1) is 11.6 Å². The molecule has 9 heteroatoms. The van der Waals surface area contributed by atoms with Gasteiger partial charge in [-0.3, -0.25) is 4.79 Å². The number of benzene rings is 1. The maximum Gasteiger partial charge on any atom is 0.237 e. The predicted molar refractivity (Wildman–Crippen MR) is 93.1 cm³/mol. The number of aromatic amines is 1. The number of H-pyrrole nitrogens is 1. The summed E-state index contributed by atoms with van der Waals surface area (Å²) in [6, 6.07) is 5.35. The van der Waals surface area contributed by atoms with Gasteiger partial charge < -0.3 is 19.8 Å². The molecule has 0 radical (unpaired) electrons. The van der Waals surface area contributed by atoms with Gasteiger partial charge in [0.15, 0.2) is 17.1 Å². The van der Waals surface area contributed by atoms with Crippen LogP contribution in [0.4, 0.5) is 5.69 Å². The lowest BCUT2D eigenvalue weighted by Gasteiger charge is -2.19. The Bertz CT molecular complexity index is 929. The first-order chi connectivity index (χ1) is 12.2. The molecular weight excluding hydrogens is 342 g/mol. The zero-order valence-electron chi connectivity index (χ0n) is 13.4. The summed E-state index contributed by atoms with van der Waals surface area (Å²) in [6.45, 7) is 2.86. The molecule has 1 atom stereocenters. The second kappa shape index (κ2) is 6.60. The molecule has 0 fully saturated rings. The third kappa shape index (κ3) is 3.22. The van der Waals surface area contributed by atoms with Crippen LogP contribution in [0.5, 0.6) is 11.5 Å². The number of aromatic nitrogens is 4. The highest BCUT2D eigenvalue weighted by atomic mass is 32.2. The molecule has 0 aliphatic carbocycles. The minimum Gasteiger partial charge on any atom is -0.486 e. The highest BCUT2D eigenvalue weighted by Gasteiger charge is 2.19. The van der Waals surface area contributed by atoms with Crippen LogP contribution in [0.1, 0.15) is 6.92 Å². The molecule has 1 aromatic carbocycles. The number of nitrogens with one attached hydrogen (secondary N) is 2. The Morgan fingerprint density at radius 2 is 2.08 bits per heavy atom. The van der Waals surface area contributed by atoms with Gasteiger partial charge in [-0.1, -0.05) is 11.8 Å². The van der Waals surface area contributed by atoms with Crippen molar-refractivity contribution in [2.75, 3.05) is 18.5 Å². The highest BCUT2D eigenvalue weighted by molar-refractivity contribution is 8.00. The summed E-state index contributed by atoms with van der Waals surface area (Å²) in [4.78, 5) is 27.9. The maximum absolute atomic E-state index is 12.5. The molecule has 2 N–H and O–H groups in total. The Morgan fingerprint density at radius 3 is 2.96 bits per heavy atom. The quantitative estimate of drug-likeness (QED) is 0.545. The van der Waals surface area contributed by atoms with E-state index >= 15 is 0 Å². The molecule has 25 heavy (non-hydrogen) atoms. The third-order valence-corrected chi connectivity index (χ3v) is 4.76. The number of hydrogen-bond acceptors (Lipinski definition) is 7. The molecule has 0 spiro atoms. The Balaban J connectivity index is 1.46. The van der Waals surface area contributed by atoms with E-state index in [2.05, 4.69) is 25.3 Å². The van der Waals surface area contributed by atoms with E-state index in [1.165, 1.54) is 18.1 Å². The summed E-state index contributed by atoms with van der Waals surface area (Å²) in [6.07, 6.45) is 3.00. The van der Waals surface area contributed by atoms with Gasteiger partial charge in [0.1, 0.15) is 30.1 Å². The second-order valence-electron chi connectivity index (χ2n) is 5.39. The Morgan fingerprint density at radius 1 is 1.24 bits per heavy atom. The fraction of sp³-hybridized carbons (Fsp3) is 0.250. The van der Waals surface area contributed by atoms with Crippen LogP contribution >= 0.6 is 11.8 Å². The number of rotatable bonds is 4. The van der Waals surface area contributed by atoms with Crippen LogP contribution in [0.25, 0.3) is 11.2 Å². The third-order valence-electron chi connectivity index (χ3n) is 3.66. The SMILES string of the molecule is CC(Sc1ncnc2nc[nH]c12)C(=O)Nc1ccc2c(c1)OCCO2. The fourth-order valence-electron chi connectivity index (χ4n) is 2.42. The Kier molecular flexibility index (Phi) is 4.14. The van der Waals surface area contributed by atoms with Crippen LogP contribution < -0.4 is 14.8 Å². The fourth-order valence-corrected chi connectivity index (χ4v) is 3.30. The van der Waals surface area contributed by atoms with E-state index in [1.807, 2.05) is 6.92 Å². The van der Waals surface area contributed by atoms with Gasteiger partial charge in [0.25, 0.3) is 0 Å². The predicted octanol–water partition coefficient (Wildman–Crippen LogP) is 2.24. The van der Waals surface area contributed by atoms with Gasteiger partial charge in [-0.25, -0.2) is 15.0 Å². The van der Waals surface area contributed by atoms with E-state index in [1.54, 1.807) is 24.5 Å². The standard InChI is InChI=1S/C16H15N5O3S/c1-9(25-16-13-14(18-7-17-13)19-8-20-16)15(22)21-10-2-3-11-12(6-10)24-5-4-23-11/h2-3,6-9H,4-5H2,1H3,(H,21,22)(H,17,18,19,20). The van der Waals surface area contributed by atoms with E-state index in [-0.39, 0.29) is 11.2 Å². The molecular formula is C16H15N5O3S. The molecule has 3 aromatic rings. The van der Waals surface area contributed by atoms with Crippen molar-refractivity contribution in [3.63, 3.8) is 0 Å². The number of amides is 1. The average Bonchev–Trinajstić information content (AvgIpc) is 3.11. The molecule has 1 aliphatic heterocycles. The molecule has 0 bridgehead atoms. The van der Waals surface area contributed by atoms with Crippen LogP contribution in [-0.2, 0) is 4.79 Å². The van der Waals surface area contributed by atoms with Crippen LogP contribution in [0.15, 0.2) is 35.9 Å². The van der Waals surface area contributed by atoms with E-state index < -0.39 is 0 Å². The van der Waals surface area contributed by atoms with Gasteiger partial charge in [0, 0.05) is 11.8 Å². The Labute approximate surface area is 147 Å². The molecule has 8 nitrogen and oxygen atoms in total. The molecule has 2 aromatic heterocycles. The lowest BCUT2D eigenvalue weighted by molar-refractivity contribution is -0.115. The summed E-state index contributed by atoms with van der Waals surface area (Å²) < 4.78 is 11.0. The van der Waals surface area contributed by atoms with Gasteiger partial charge >= 0.3 is 0 Å². The van der Waals surface area contributed by atoms with Crippen molar-refractivity contribution in [1.82, 2.24) is 19.9 Å². The molecule has 1 unspecified atom stereocenters. The minimum atomic E-state index is -0.352. The van der Waals surface area contributed by atoms with Crippen molar-refractivity contribution in [3.8, 4) is 11.5 Å².